The standard InChI is InChI=1S/C37H42NO.2C33H32NO.C31H30NO/c1-22(2)20-37(21-23(3)4)31-12-10-9-11-27(31)28-15-16-30-29-14-13-25(7)33(35(29)39-36(30)34(28)37)32-19-26(24(5)6)17-18-38(32)8;1-20(2)22-15-18-34(4)28(19-22)29-21(3)11-12-23-24-13-14-27-30(32(24)35-31(23)29)25-9-5-6-10-26(25)33(27)16-7-8-17-33;1-20(2)22-15-18-34(4)28(19-22)29-21(3)11-12-25-26-14-13-24-23-9-5-6-10-27(23)33(16-7-8-17-33)30(24)32(26)35-31(25)29;1-18(2)20-15-16-32(6)26(17-20)27-19(3)11-12-23-24-14-13-22-21-9-7-8-10-25(21)31(4,5)28(22)30(24)33-29(23)27/h9-19,22-24H,20-21H2,1-8H3;2*5-6,9-15,18-20H,7-8,16-17H2,1-4H3;7-18H,1-6H3/q4*+1. The molecule has 8 aromatic heterocycles. The fraction of sp³-hybridized carbons (Fsp3) is 0.313. The van der Waals surface area contributed by atoms with Gasteiger partial charge in [0.2, 0.25) is 22.8 Å². The van der Waals surface area contributed by atoms with E-state index in [0.29, 0.717) is 35.5 Å². The zero-order valence-electron chi connectivity index (χ0n) is 87.4. The highest BCUT2D eigenvalue weighted by Gasteiger charge is 2.51. The molecule has 0 bridgehead atoms. The molecule has 8 heteroatoms. The third-order valence-corrected chi connectivity index (χ3v) is 34.1. The molecular weight excluding hydrogens is 1730 g/mol. The summed E-state index contributed by atoms with van der Waals surface area (Å²) in [5, 5.41) is 9.75. The van der Waals surface area contributed by atoms with E-state index in [9.17, 15) is 0 Å². The van der Waals surface area contributed by atoms with Crippen molar-refractivity contribution in [1.29, 1.82) is 0 Å². The highest BCUT2D eigenvalue weighted by molar-refractivity contribution is 6.18. The molecule has 712 valence electrons. The van der Waals surface area contributed by atoms with Crippen LogP contribution in [0.25, 0.3) is 177 Å². The average molecular weight is 1870 g/mol. The minimum atomic E-state index is -0.100. The molecule has 0 amide bonds. The van der Waals surface area contributed by atoms with E-state index in [4.69, 9.17) is 17.7 Å². The maximum absolute atomic E-state index is 7.15. The van der Waals surface area contributed by atoms with Crippen LogP contribution in [0, 0.1) is 39.5 Å². The van der Waals surface area contributed by atoms with Crippen molar-refractivity contribution in [3.05, 3.63) is 356 Å². The third kappa shape index (κ3) is 14.2. The van der Waals surface area contributed by atoms with E-state index in [2.05, 4.69) is 439 Å². The number of aromatic nitrogens is 4. The van der Waals surface area contributed by atoms with Gasteiger partial charge in [-0.1, -0.05) is 299 Å². The van der Waals surface area contributed by atoms with Crippen LogP contribution in [0.2, 0.25) is 0 Å². The summed E-state index contributed by atoms with van der Waals surface area (Å²) in [6, 6.07) is 91.0. The Morgan fingerprint density at radius 1 is 0.254 bits per heavy atom. The van der Waals surface area contributed by atoms with Gasteiger partial charge in [-0.05, 0) is 231 Å². The van der Waals surface area contributed by atoms with Gasteiger partial charge in [0, 0.05) is 136 Å². The molecule has 6 aliphatic rings. The SMILES string of the molecule is Cc1ccc2c(oc3c4c(ccc32)-c2ccccc2C4(C)C)c1-c1cc(C(C)C)cc[n+]1C.Cc1ccc2c(oc3c4c(ccc32)-c2ccccc2C4(CC(C)C)CC(C)C)c1-c1cc(C(C)C)cc[n+]1C.Cc1ccc2c(oc3c4c(ccc32)-c2ccccc2C42CCCC2)c1-c1cc(C(C)C)cc[n+]1C.Cc1ccc2c(oc3c4c(ccc32)C2(CCCC2)c2ccccc2-4)c1-c1cc(C(C)C)cc[n+]1C. The van der Waals surface area contributed by atoms with Gasteiger partial charge in [-0.2, -0.15) is 0 Å². The van der Waals surface area contributed by atoms with E-state index >= 15 is 0 Å². The minimum Gasteiger partial charge on any atom is -0.455 e. The van der Waals surface area contributed by atoms with Gasteiger partial charge >= 0.3 is 0 Å². The van der Waals surface area contributed by atoms with Crippen molar-refractivity contribution in [1.82, 2.24) is 0 Å². The summed E-state index contributed by atoms with van der Waals surface area (Å²) in [5.74, 6) is 3.04. The third-order valence-electron chi connectivity index (χ3n) is 34.1. The molecule has 8 heterocycles. The predicted octanol–water partition coefficient (Wildman–Crippen LogP) is 34.4. The second-order valence-electron chi connectivity index (χ2n) is 45.5. The second kappa shape index (κ2) is 34.7. The molecular formula is C134H136N4O4+4. The lowest BCUT2D eigenvalue weighted by molar-refractivity contribution is -0.660. The zero-order valence-corrected chi connectivity index (χ0v) is 87.4. The van der Waals surface area contributed by atoms with Crippen molar-refractivity contribution in [2.45, 2.75) is 234 Å². The van der Waals surface area contributed by atoms with Gasteiger partial charge in [0.05, 0.1) is 22.3 Å². The molecule has 2 spiro atoms. The Balaban J connectivity index is 0.000000105. The zero-order chi connectivity index (χ0) is 98.5. The van der Waals surface area contributed by atoms with Gasteiger partial charge < -0.3 is 17.7 Å². The molecule has 8 nitrogen and oxygen atoms in total. The Morgan fingerprint density at radius 2 is 0.528 bits per heavy atom. The molecule has 2 saturated carbocycles. The lowest BCUT2D eigenvalue weighted by atomic mass is 9.67. The van der Waals surface area contributed by atoms with Crippen molar-refractivity contribution in [2.24, 2.45) is 40.0 Å². The Hall–Kier alpha value is -13.6. The van der Waals surface area contributed by atoms with E-state index in [1.807, 2.05) is 0 Å². The molecule has 26 rings (SSSR count). The average Bonchev–Trinajstić information content (AvgIpc) is 1.55. The van der Waals surface area contributed by atoms with Crippen LogP contribution < -0.4 is 18.3 Å². The number of fused-ring (bicyclic) bond motifs is 32. The van der Waals surface area contributed by atoms with Crippen LogP contribution in [0.3, 0.4) is 0 Å². The number of furan rings is 4. The quantitative estimate of drug-likeness (QED) is 0.114. The second-order valence-corrected chi connectivity index (χ2v) is 45.5. The Bertz CT molecular complexity index is 8570. The van der Waals surface area contributed by atoms with Gasteiger partial charge in [0.15, 0.2) is 24.8 Å². The molecule has 0 atom stereocenters. The van der Waals surface area contributed by atoms with Gasteiger partial charge in [-0.3, -0.25) is 0 Å². The number of benzene rings is 12. The number of aryl methyl sites for hydroxylation is 8. The molecule has 0 unspecified atom stereocenters. The number of hydrogen-bond acceptors (Lipinski definition) is 4. The number of nitrogens with zero attached hydrogens (tertiary/aromatic N) is 4. The van der Waals surface area contributed by atoms with Crippen molar-refractivity contribution in [3.8, 4) is 89.5 Å². The maximum Gasteiger partial charge on any atom is 0.216 e. The van der Waals surface area contributed by atoms with Crippen molar-refractivity contribution < 1.29 is 35.9 Å². The van der Waals surface area contributed by atoms with E-state index in [0.717, 1.165) is 57.5 Å². The number of pyridine rings is 4. The topological polar surface area (TPSA) is 68.1 Å². The van der Waals surface area contributed by atoms with E-state index in [-0.39, 0.29) is 21.7 Å². The van der Waals surface area contributed by atoms with Crippen LogP contribution in [0.15, 0.2) is 285 Å². The minimum absolute atomic E-state index is 0.0565. The molecule has 6 aliphatic carbocycles. The van der Waals surface area contributed by atoms with E-state index in [1.54, 1.807) is 0 Å². The van der Waals surface area contributed by atoms with E-state index < -0.39 is 0 Å². The largest absolute Gasteiger partial charge is 0.455 e. The Kier molecular flexibility index (Phi) is 22.5. The van der Waals surface area contributed by atoms with Crippen molar-refractivity contribution in [3.63, 3.8) is 0 Å². The first-order valence-electron chi connectivity index (χ1n) is 52.8. The Labute approximate surface area is 838 Å². The van der Waals surface area contributed by atoms with Crippen LogP contribution in [-0.4, -0.2) is 0 Å². The van der Waals surface area contributed by atoms with Crippen LogP contribution in [-0.2, 0) is 49.9 Å². The van der Waals surface area contributed by atoms with Crippen molar-refractivity contribution >= 4 is 87.8 Å². The molecule has 0 radical (unpaired) electrons. The lowest BCUT2D eigenvalue weighted by Gasteiger charge is -2.35. The van der Waals surface area contributed by atoms with Gasteiger partial charge in [0.1, 0.15) is 72.9 Å². The molecule has 12 aromatic carbocycles. The van der Waals surface area contributed by atoms with Gasteiger partial charge in [-0.15, -0.1) is 0 Å². The monoisotopic (exact) mass is 1870 g/mol. The lowest BCUT2D eigenvalue weighted by Crippen LogP contribution is -2.31. The normalized spacial score (nSPS) is 15.1. The molecule has 0 aliphatic heterocycles. The summed E-state index contributed by atoms with van der Waals surface area (Å²) in [5.41, 5.74) is 50.7. The van der Waals surface area contributed by atoms with Crippen LogP contribution in [0.4, 0.5) is 0 Å². The summed E-state index contributed by atoms with van der Waals surface area (Å²) < 4.78 is 36.9. The highest BCUT2D eigenvalue weighted by Crippen LogP contribution is 2.64. The predicted molar refractivity (Wildman–Crippen MR) is 589 cm³/mol. The first-order valence-corrected chi connectivity index (χ1v) is 52.8. The summed E-state index contributed by atoms with van der Waals surface area (Å²) in [6.07, 6.45) is 21.0. The summed E-state index contributed by atoms with van der Waals surface area (Å²) in [7, 11) is 8.54. The molecule has 0 saturated heterocycles. The highest BCUT2D eigenvalue weighted by atomic mass is 16.3. The molecule has 2 fully saturated rings. The smallest absolute Gasteiger partial charge is 0.216 e. The molecule has 0 N–H and O–H groups in total. The van der Waals surface area contributed by atoms with Crippen LogP contribution >= 0.6 is 0 Å². The Morgan fingerprint density at radius 3 is 0.908 bits per heavy atom. The fourth-order valence-corrected chi connectivity index (χ4v) is 27.1. The van der Waals surface area contributed by atoms with Crippen molar-refractivity contribution in [2.75, 3.05) is 0 Å². The van der Waals surface area contributed by atoms with Crippen LogP contribution in [0.1, 0.15) is 274 Å². The maximum atomic E-state index is 7.15. The first-order chi connectivity index (χ1) is 68.4. The number of rotatable bonds is 12. The number of hydrogen-bond donors (Lipinski definition) is 0. The fourth-order valence-electron chi connectivity index (χ4n) is 27.1. The van der Waals surface area contributed by atoms with Crippen LogP contribution in [0.5, 0.6) is 0 Å². The van der Waals surface area contributed by atoms with Gasteiger partial charge in [-0.25, -0.2) is 18.3 Å². The first kappa shape index (κ1) is 92.2. The summed E-state index contributed by atoms with van der Waals surface area (Å²) in [4.78, 5) is 0. The molecule has 142 heavy (non-hydrogen) atoms. The summed E-state index contributed by atoms with van der Waals surface area (Å²) >= 11 is 0. The molecule has 20 aromatic rings. The van der Waals surface area contributed by atoms with Gasteiger partial charge in [0.25, 0.3) is 0 Å². The summed E-state index contributed by atoms with van der Waals surface area (Å²) in [6.45, 7) is 41.0. The van der Waals surface area contributed by atoms with E-state index in [1.165, 1.54) is 273 Å².